The first kappa shape index (κ1) is 23.8. The van der Waals surface area contributed by atoms with Crippen molar-refractivity contribution >= 4 is 16.6 Å². The number of pyridine rings is 1. The molecule has 5 heteroatoms. The minimum absolute atomic E-state index is 0.174. The summed E-state index contributed by atoms with van der Waals surface area (Å²) < 4.78 is 6.07. The van der Waals surface area contributed by atoms with Crippen LogP contribution in [0.5, 0.6) is 0 Å². The molecule has 0 aliphatic heterocycles. The van der Waals surface area contributed by atoms with Crippen LogP contribution in [0.1, 0.15) is 62.8 Å². The van der Waals surface area contributed by atoms with Gasteiger partial charge in [0.15, 0.2) is 0 Å². The molecule has 0 radical (unpaired) electrons. The van der Waals surface area contributed by atoms with E-state index >= 15 is 0 Å². The van der Waals surface area contributed by atoms with Gasteiger partial charge in [0.1, 0.15) is 11.6 Å². The Bertz CT molecular complexity index is 1190. The van der Waals surface area contributed by atoms with E-state index in [9.17, 15) is 4.79 Å². The van der Waals surface area contributed by atoms with Gasteiger partial charge in [-0.05, 0) is 41.3 Å². The van der Waals surface area contributed by atoms with Crippen LogP contribution in [0.15, 0.2) is 73.2 Å². The molecule has 0 bridgehead atoms. The summed E-state index contributed by atoms with van der Waals surface area (Å²) in [4.78, 5) is 24.0. The van der Waals surface area contributed by atoms with Crippen molar-refractivity contribution < 1.29 is 9.53 Å². The zero-order chi connectivity index (χ0) is 23.6. The van der Waals surface area contributed by atoms with E-state index in [0.29, 0.717) is 31.8 Å². The molecule has 34 heavy (non-hydrogen) atoms. The van der Waals surface area contributed by atoms with E-state index in [1.165, 1.54) is 10.8 Å². The van der Waals surface area contributed by atoms with Gasteiger partial charge >= 0.3 is 0 Å². The van der Waals surface area contributed by atoms with Gasteiger partial charge in [0.2, 0.25) is 0 Å². The van der Waals surface area contributed by atoms with Crippen molar-refractivity contribution in [2.45, 2.75) is 58.0 Å². The molecule has 1 unspecified atom stereocenters. The molecular formula is C29H33N3O2. The summed E-state index contributed by atoms with van der Waals surface area (Å²) in [7, 11) is 0. The first-order chi connectivity index (χ1) is 16.7. The van der Waals surface area contributed by atoms with Gasteiger partial charge in [0.05, 0.1) is 25.1 Å². The molecular weight excluding hydrogens is 422 g/mol. The fourth-order valence-corrected chi connectivity index (χ4v) is 4.22. The number of benzene rings is 2. The molecule has 0 aliphatic carbocycles. The van der Waals surface area contributed by atoms with E-state index in [2.05, 4.69) is 52.4 Å². The van der Waals surface area contributed by atoms with Crippen molar-refractivity contribution in [3.63, 3.8) is 0 Å². The lowest BCUT2D eigenvalue weighted by Crippen LogP contribution is -2.10. The second-order valence-electron chi connectivity index (χ2n) is 8.81. The topological polar surface area (TPSA) is 67.9 Å². The van der Waals surface area contributed by atoms with Gasteiger partial charge in [-0.2, -0.15) is 0 Å². The summed E-state index contributed by atoms with van der Waals surface area (Å²) in [5.41, 5.74) is 3.22. The fourth-order valence-electron chi connectivity index (χ4n) is 4.22. The van der Waals surface area contributed by atoms with Gasteiger partial charge in [-0.25, -0.2) is 4.98 Å². The standard InChI is InChI=1S/C29H33N3O2/c1-2-27(33)13-5-3-4-12-26(21-34-20-22-9-8-16-30-18-22)29-31-19-28(32-29)25-15-14-23-10-6-7-11-24(23)17-25/h6-11,14-19,26H,2-5,12-13,20-21H2,1H3,(H,31,32). The number of aromatic amines is 1. The van der Waals surface area contributed by atoms with E-state index in [1.54, 1.807) is 6.20 Å². The van der Waals surface area contributed by atoms with Crippen LogP contribution in [0, 0.1) is 0 Å². The number of Topliss-reactive ketones (excluding diaryl/α,β-unsaturated/α-hetero) is 1. The highest BCUT2D eigenvalue weighted by Gasteiger charge is 2.17. The predicted octanol–water partition coefficient (Wildman–Crippen LogP) is 6.85. The average molecular weight is 456 g/mol. The van der Waals surface area contributed by atoms with Crippen molar-refractivity contribution in [3.8, 4) is 11.3 Å². The smallest absolute Gasteiger partial charge is 0.132 e. The van der Waals surface area contributed by atoms with Gasteiger partial charge in [-0.3, -0.25) is 9.78 Å². The van der Waals surface area contributed by atoms with Gasteiger partial charge in [0, 0.05) is 36.7 Å². The highest BCUT2D eigenvalue weighted by molar-refractivity contribution is 5.86. The molecule has 4 aromatic rings. The number of hydrogen-bond acceptors (Lipinski definition) is 4. The molecule has 0 aliphatic rings. The minimum Gasteiger partial charge on any atom is -0.376 e. The number of fused-ring (bicyclic) bond motifs is 1. The highest BCUT2D eigenvalue weighted by Crippen LogP contribution is 2.27. The summed E-state index contributed by atoms with van der Waals surface area (Å²) in [6.07, 6.45) is 10.9. The number of nitrogens with zero attached hydrogens (tertiary/aromatic N) is 2. The molecule has 4 rings (SSSR count). The first-order valence-corrected chi connectivity index (χ1v) is 12.3. The Morgan fingerprint density at radius 3 is 2.71 bits per heavy atom. The number of carbonyl (C=O) groups excluding carboxylic acids is 1. The van der Waals surface area contributed by atoms with E-state index in [4.69, 9.17) is 9.72 Å². The monoisotopic (exact) mass is 455 g/mol. The number of H-pyrrole nitrogens is 1. The van der Waals surface area contributed by atoms with E-state index in [0.717, 1.165) is 48.3 Å². The second kappa shape index (κ2) is 12.2. The molecule has 1 atom stereocenters. The Hall–Kier alpha value is -3.31. The number of nitrogens with one attached hydrogen (secondary N) is 1. The maximum absolute atomic E-state index is 11.6. The maximum atomic E-state index is 11.6. The maximum Gasteiger partial charge on any atom is 0.132 e. The fraction of sp³-hybridized carbons (Fsp3) is 0.345. The predicted molar refractivity (Wildman–Crippen MR) is 137 cm³/mol. The van der Waals surface area contributed by atoms with Crippen LogP contribution in [0.2, 0.25) is 0 Å². The Kier molecular flexibility index (Phi) is 8.58. The normalized spacial score (nSPS) is 12.1. The van der Waals surface area contributed by atoms with Crippen LogP contribution >= 0.6 is 0 Å². The molecule has 0 spiro atoms. The second-order valence-corrected chi connectivity index (χ2v) is 8.81. The molecule has 176 valence electrons. The molecule has 2 heterocycles. The molecule has 2 aromatic carbocycles. The summed E-state index contributed by atoms with van der Waals surface area (Å²) in [5, 5.41) is 2.45. The average Bonchev–Trinajstić information content (AvgIpc) is 3.38. The molecule has 0 amide bonds. The largest absolute Gasteiger partial charge is 0.376 e. The minimum atomic E-state index is 0.174. The molecule has 1 N–H and O–H groups in total. The first-order valence-electron chi connectivity index (χ1n) is 12.3. The van der Waals surface area contributed by atoms with Gasteiger partial charge in [-0.1, -0.05) is 62.2 Å². The van der Waals surface area contributed by atoms with E-state index < -0.39 is 0 Å². The Balaban J connectivity index is 1.42. The van der Waals surface area contributed by atoms with Gasteiger partial charge in [-0.15, -0.1) is 0 Å². The number of ketones is 1. The molecule has 0 fully saturated rings. The van der Waals surface area contributed by atoms with Crippen LogP contribution in [0.3, 0.4) is 0 Å². The van der Waals surface area contributed by atoms with Crippen molar-refractivity contribution in [3.05, 3.63) is 84.6 Å². The molecule has 0 saturated carbocycles. The number of carbonyl (C=O) groups is 1. The van der Waals surface area contributed by atoms with Crippen molar-refractivity contribution in [2.75, 3.05) is 6.61 Å². The highest BCUT2D eigenvalue weighted by atomic mass is 16.5. The molecule has 0 saturated heterocycles. The van der Waals surface area contributed by atoms with Crippen LogP contribution in [-0.4, -0.2) is 27.3 Å². The quantitative estimate of drug-likeness (QED) is 0.224. The van der Waals surface area contributed by atoms with Crippen LogP contribution in [0.4, 0.5) is 0 Å². The number of unbranched alkanes of at least 4 members (excludes halogenated alkanes) is 2. The number of ether oxygens (including phenoxy) is 1. The summed E-state index contributed by atoms with van der Waals surface area (Å²) >= 11 is 0. The molecule has 5 nitrogen and oxygen atoms in total. The summed E-state index contributed by atoms with van der Waals surface area (Å²) in [6, 6.07) is 18.8. The number of imidazole rings is 1. The zero-order valence-corrected chi connectivity index (χ0v) is 19.9. The Morgan fingerprint density at radius 2 is 1.88 bits per heavy atom. The summed E-state index contributed by atoms with van der Waals surface area (Å²) in [6.45, 7) is 3.06. The third-order valence-corrected chi connectivity index (χ3v) is 6.26. The molecule has 2 aromatic heterocycles. The number of hydrogen-bond donors (Lipinski definition) is 1. The van der Waals surface area contributed by atoms with Crippen LogP contribution < -0.4 is 0 Å². The van der Waals surface area contributed by atoms with E-state index in [-0.39, 0.29) is 5.92 Å². The Morgan fingerprint density at radius 1 is 1.00 bits per heavy atom. The lowest BCUT2D eigenvalue weighted by Gasteiger charge is -2.15. The number of aromatic nitrogens is 3. The third-order valence-electron chi connectivity index (χ3n) is 6.26. The summed E-state index contributed by atoms with van der Waals surface area (Å²) in [5.74, 6) is 1.48. The zero-order valence-electron chi connectivity index (χ0n) is 19.9. The van der Waals surface area contributed by atoms with Crippen molar-refractivity contribution in [1.29, 1.82) is 0 Å². The third kappa shape index (κ3) is 6.61. The van der Waals surface area contributed by atoms with Gasteiger partial charge < -0.3 is 9.72 Å². The van der Waals surface area contributed by atoms with Crippen molar-refractivity contribution in [1.82, 2.24) is 15.0 Å². The lowest BCUT2D eigenvalue weighted by atomic mass is 10.00. The SMILES string of the molecule is CCC(=O)CCCCCC(COCc1cccnc1)c1ncc(-c2ccc3ccccc3c2)[nH]1. The van der Waals surface area contributed by atoms with Crippen LogP contribution in [0.25, 0.3) is 22.0 Å². The lowest BCUT2D eigenvalue weighted by molar-refractivity contribution is -0.118. The van der Waals surface area contributed by atoms with E-state index in [1.807, 2.05) is 31.5 Å². The Labute approximate surface area is 201 Å². The van der Waals surface area contributed by atoms with Crippen molar-refractivity contribution in [2.24, 2.45) is 0 Å². The van der Waals surface area contributed by atoms with Gasteiger partial charge in [0.25, 0.3) is 0 Å². The number of rotatable bonds is 13. The van der Waals surface area contributed by atoms with Crippen LogP contribution in [-0.2, 0) is 16.1 Å².